The SMILES string of the molecule is CCS(=O)(=O)N(C)Cc1cc2ccc(C)cc2[nH]c1=O. The molecule has 0 amide bonds. The zero-order chi connectivity index (χ0) is 14.9. The fourth-order valence-corrected chi connectivity index (χ4v) is 2.81. The second-order valence-electron chi connectivity index (χ2n) is 4.87. The number of hydrogen-bond acceptors (Lipinski definition) is 3. The van der Waals surface area contributed by atoms with Crippen LogP contribution in [0.15, 0.2) is 29.1 Å². The zero-order valence-electron chi connectivity index (χ0n) is 11.8. The molecular weight excluding hydrogens is 276 g/mol. The number of aryl methyl sites for hydroxylation is 1. The molecule has 20 heavy (non-hydrogen) atoms. The summed E-state index contributed by atoms with van der Waals surface area (Å²) in [6, 6.07) is 7.51. The number of fused-ring (bicyclic) bond motifs is 1. The summed E-state index contributed by atoms with van der Waals surface area (Å²) >= 11 is 0. The fourth-order valence-electron chi connectivity index (χ4n) is 2.04. The number of aromatic nitrogens is 1. The van der Waals surface area contributed by atoms with Crippen molar-refractivity contribution in [1.29, 1.82) is 0 Å². The average Bonchev–Trinajstić information content (AvgIpc) is 2.39. The molecule has 0 fully saturated rings. The van der Waals surface area contributed by atoms with Gasteiger partial charge in [0.15, 0.2) is 0 Å². The van der Waals surface area contributed by atoms with Crippen LogP contribution in [0.25, 0.3) is 10.9 Å². The van der Waals surface area contributed by atoms with Gasteiger partial charge in [0.25, 0.3) is 5.56 Å². The van der Waals surface area contributed by atoms with Crippen LogP contribution in [0.3, 0.4) is 0 Å². The van der Waals surface area contributed by atoms with E-state index in [1.54, 1.807) is 13.0 Å². The van der Waals surface area contributed by atoms with Gasteiger partial charge in [-0.05, 0) is 36.9 Å². The van der Waals surface area contributed by atoms with E-state index in [-0.39, 0.29) is 17.9 Å². The predicted molar refractivity (Wildman–Crippen MR) is 80.2 cm³/mol. The lowest BCUT2D eigenvalue weighted by Gasteiger charge is -2.15. The first-order valence-electron chi connectivity index (χ1n) is 6.40. The number of nitrogens with one attached hydrogen (secondary N) is 1. The molecule has 0 bridgehead atoms. The van der Waals surface area contributed by atoms with Crippen LogP contribution in [0, 0.1) is 6.92 Å². The largest absolute Gasteiger partial charge is 0.322 e. The Bertz CT molecular complexity index is 794. The quantitative estimate of drug-likeness (QED) is 0.931. The molecule has 1 N–H and O–H groups in total. The number of sulfonamides is 1. The molecule has 0 aliphatic heterocycles. The molecule has 6 heteroatoms. The molecule has 108 valence electrons. The third kappa shape index (κ3) is 2.91. The lowest BCUT2D eigenvalue weighted by Crippen LogP contribution is -2.30. The Morgan fingerprint density at radius 1 is 1.25 bits per heavy atom. The zero-order valence-corrected chi connectivity index (χ0v) is 12.6. The first-order valence-corrected chi connectivity index (χ1v) is 8.01. The Labute approximate surface area is 118 Å². The smallest absolute Gasteiger partial charge is 0.252 e. The Hall–Kier alpha value is -1.66. The van der Waals surface area contributed by atoms with Crippen molar-refractivity contribution < 1.29 is 8.42 Å². The van der Waals surface area contributed by atoms with Crippen molar-refractivity contribution in [3.63, 3.8) is 0 Å². The van der Waals surface area contributed by atoms with Crippen LogP contribution < -0.4 is 5.56 Å². The molecule has 0 saturated carbocycles. The average molecular weight is 294 g/mol. The first kappa shape index (κ1) is 14.7. The minimum Gasteiger partial charge on any atom is -0.322 e. The molecule has 0 saturated heterocycles. The Morgan fingerprint density at radius 2 is 1.95 bits per heavy atom. The maximum atomic E-state index is 12.0. The van der Waals surface area contributed by atoms with Crippen LogP contribution in [0.2, 0.25) is 0 Å². The van der Waals surface area contributed by atoms with Gasteiger partial charge in [-0.2, -0.15) is 0 Å². The molecule has 0 spiro atoms. The summed E-state index contributed by atoms with van der Waals surface area (Å²) in [6.45, 7) is 3.61. The highest BCUT2D eigenvalue weighted by Gasteiger charge is 2.17. The van der Waals surface area contributed by atoms with Gasteiger partial charge in [0.05, 0.1) is 5.75 Å². The van der Waals surface area contributed by atoms with Crippen molar-refractivity contribution in [2.24, 2.45) is 0 Å². The monoisotopic (exact) mass is 294 g/mol. The molecule has 5 nitrogen and oxygen atoms in total. The van der Waals surface area contributed by atoms with Crippen LogP contribution >= 0.6 is 0 Å². The van der Waals surface area contributed by atoms with E-state index in [0.717, 1.165) is 16.5 Å². The second-order valence-corrected chi connectivity index (χ2v) is 7.24. The van der Waals surface area contributed by atoms with Crippen LogP contribution in [-0.4, -0.2) is 30.5 Å². The predicted octanol–water partition coefficient (Wildman–Crippen LogP) is 1.62. The van der Waals surface area contributed by atoms with Gasteiger partial charge in [0, 0.05) is 24.7 Å². The number of benzene rings is 1. The van der Waals surface area contributed by atoms with Gasteiger partial charge in [-0.15, -0.1) is 0 Å². The Kier molecular flexibility index (Phi) is 3.96. The van der Waals surface area contributed by atoms with Crippen molar-refractivity contribution >= 4 is 20.9 Å². The van der Waals surface area contributed by atoms with E-state index in [1.807, 2.05) is 25.1 Å². The van der Waals surface area contributed by atoms with Crippen molar-refractivity contribution in [1.82, 2.24) is 9.29 Å². The Balaban J connectivity index is 2.43. The lowest BCUT2D eigenvalue weighted by molar-refractivity contribution is 0.466. The van der Waals surface area contributed by atoms with Crippen molar-refractivity contribution in [2.45, 2.75) is 20.4 Å². The fraction of sp³-hybridized carbons (Fsp3) is 0.357. The van der Waals surface area contributed by atoms with Crippen molar-refractivity contribution in [2.75, 3.05) is 12.8 Å². The minimum absolute atomic E-state index is 0.0220. The van der Waals surface area contributed by atoms with Crippen LogP contribution in [0.5, 0.6) is 0 Å². The molecule has 0 aliphatic carbocycles. The maximum Gasteiger partial charge on any atom is 0.252 e. The van der Waals surface area contributed by atoms with E-state index in [9.17, 15) is 13.2 Å². The van der Waals surface area contributed by atoms with Gasteiger partial charge in [0.1, 0.15) is 0 Å². The van der Waals surface area contributed by atoms with Gasteiger partial charge in [-0.25, -0.2) is 12.7 Å². The molecule has 1 heterocycles. The van der Waals surface area contributed by atoms with Gasteiger partial charge in [-0.1, -0.05) is 12.1 Å². The Morgan fingerprint density at radius 3 is 2.60 bits per heavy atom. The van der Waals surface area contributed by atoms with Gasteiger partial charge in [0.2, 0.25) is 10.0 Å². The van der Waals surface area contributed by atoms with E-state index in [1.165, 1.54) is 11.4 Å². The molecule has 1 aromatic carbocycles. The highest BCUT2D eigenvalue weighted by molar-refractivity contribution is 7.89. The standard InChI is InChI=1S/C14H18N2O3S/c1-4-20(18,19)16(3)9-12-8-11-6-5-10(2)7-13(11)15-14(12)17/h5-8H,4,9H2,1-3H3,(H,15,17). The lowest BCUT2D eigenvalue weighted by atomic mass is 10.1. The molecular formula is C14H18N2O3S. The summed E-state index contributed by atoms with van der Waals surface area (Å²) in [4.78, 5) is 14.8. The van der Waals surface area contributed by atoms with Crippen molar-refractivity contribution in [3.8, 4) is 0 Å². The minimum atomic E-state index is -3.29. The van der Waals surface area contributed by atoms with Gasteiger partial charge >= 0.3 is 0 Å². The van der Waals surface area contributed by atoms with Gasteiger partial charge in [-0.3, -0.25) is 4.79 Å². The third-order valence-corrected chi connectivity index (χ3v) is 5.12. The van der Waals surface area contributed by atoms with E-state index in [4.69, 9.17) is 0 Å². The summed E-state index contributed by atoms with van der Waals surface area (Å²) in [5.74, 6) is 0.0220. The van der Waals surface area contributed by atoms with E-state index in [0.29, 0.717) is 5.56 Å². The molecule has 0 atom stereocenters. The number of rotatable bonds is 4. The molecule has 0 radical (unpaired) electrons. The first-order chi connectivity index (χ1) is 9.33. The van der Waals surface area contributed by atoms with E-state index < -0.39 is 10.0 Å². The number of H-pyrrole nitrogens is 1. The summed E-state index contributed by atoms with van der Waals surface area (Å²) in [6.07, 6.45) is 0. The van der Waals surface area contributed by atoms with Crippen LogP contribution in [-0.2, 0) is 16.6 Å². The van der Waals surface area contributed by atoms with Crippen LogP contribution in [0.4, 0.5) is 0 Å². The number of hydrogen-bond donors (Lipinski definition) is 1. The molecule has 0 unspecified atom stereocenters. The normalized spacial score (nSPS) is 12.2. The summed E-state index contributed by atoms with van der Waals surface area (Å²) in [7, 11) is -1.81. The maximum absolute atomic E-state index is 12.0. The summed E-state index contributed by atoms with van der Waals surface area (Å²) < 4.78 is 24.7. The number of nitrogens with zero attached hydrogens (tertiary/aromatic N) is 1. The molecule has 1 aromatic heterocycles. The number of aromatic amines is 1. The molecule has 0 aliphatic rings. The van der Waals surface area contributed by atoms with Gasteiger partial charge < -0.3 is 4.98 Å². The topological polar surface area (TPSA) is 70.2 Å². The molecule has 2 aromatic rings. The van der Waals surface area contributed by atoms with E-state index in [2.05, 4.69) is 4.98 Å². The second kappa shape index (κ2) is 5.38. The number of pyridine rings is 1. The van der Waals surface area contributed by atoms with E-state index >= 15 is 0 Å². The highest BCUT2D eigenvalue weighted by atomic mass is 32.2. The third-order valence-electron chi connectivity index (χ3n) is 3.31. The summed E-state index contributed by atoms with van der Waals surface area (Å²) in [5, 5.41) is 0.896. The molecule has 2 rings (SSSR count). The summed E-state index contributed by atoms with van der Waals surface area (Å²) in [5.41, 5.74) is 2.02. The highest BCUT2D eigenvalue weighted by Crippen LogP contribution is 2.14. The van der Waals surface area contributed by atoms with Crippen LogP contribution in [0.1, 0.15) is 18.1 Å². The van der Waals surface area contributed by atoms with Crippen molar-refractivity contribution in [3.05, 3.63) is 45.7 Å².